The lowest BCUT2D eigenvalue weighted by atomic mass is 10.2. The van der Waals surface area contributed by atoms with Crippen molar-refractivity contribution in [2.75, 3.05) is 25.1 Å². The molecule has 2 aromatic rings. The molecule has 25 heavy (non-hydrogen) atoms. The van der Waals surface area contributed by atoms with Crippen LogP contribution in [0.25, 0.3) is 0 Å². The first-order chi connectivity index (χ1) is 12.0. The highest BCUT2D eigenvalue weighted by atomic mass is 79.9. The third-order valence-corrected chi connectivity index (χ3v) is 3.89. The van der Waals surface area contributed by atoms with Gasteiger partial charge < -0.3 is 19.5 Å². The first-order valence-electron chi connectivity index (χ1n) is 7.37. The number of hydrogen-bond acceptors (Lipinski definition) is 7. The van der Waals surface area contributed by atoms with Crippen LogP contribution in [0.15, 0.2) is 29.0 Å². The number of amides is 1. The summed E-state index contributed by atoms with van der Waals surface area (Å²) in [5, 5.41) is 2.64. The summed E-state index contributed by atoms with van der Waals surface area (Å²) in [5.41, 5.74) is 1.21. The second-order valence-electron chi connectivity index (χ2n) is 5.14. The maximum Gasteiger partial charge on any atom is 0.359 e. The molecule has 8 nitrogen and oxygen atoms in total. The number of fused-ring (bicyclic) bond motifs is 1. The van der Waals surface area contributed by atoms with Crippen molar-refractivity contribution in [2.24, 2.45) is 0 Å². The van der Waals surface area contributed by atoms with Gasteiger partial charge in [0.1, 0.15) is 13.2 Å². The van der Waals surface area contributed by atoms with Gasteiger partial charge in [-0.25, -0.2) is 9.78 Å². The number of carbonyl (C=O) groups is 2. The van der Waals surface area contributed by atoms with Crippen molar-refractivity contribution in [1.29, 1.82) is 0 Å². The first kappa shape index (κ1) is 17.2. The SMILES string of the molecule is Cc1cnc(C(=O)OCC(=O)Nc2cc3c(cc2Br)OCCO3)cn1. The third-order valence-electron chi connectivity index (χ3n) is 3.23. The van der Waals surface area contributed by atoms with Crippen LogP contribution in [0.1, 0.15) is 16.2 Å². The van der Waals surface area contributed by atoms with Gasteiger partial charge in [0.15, 0.2) is 23.8 Å². The molecule has 1 aromatic heterocycles. The topological polar surface area (TPSA) is 99.6 Å². The lowest BCUT2D eigenvalue weighted by molar-refractivity contribution is -0.119. The summed E-state index contributed by atoms with van der Waals surface area (Å²) in [5.74, 6) is -0.0770. The Morgan fingerprint density at radius 2 is 1.92 bits per heavy atom. The molecule has 0 saturated carbocycles. The number of rotatable bonds is 4. The average molecular weight is 408 g/mol. The number of hydrogen-bond donors (Lipinski definition) is 1. The van der Waals surface area contributed by atoms with Gasteiger partial charge >= 0.3 is 5.97 Å². The molecule has 1 aromatic carbocycles. The minimum absolute atomic E-state index is 0.0407. The molecule has 3 rings (SSSR count). The summed E-state index contributed by atoms with van der Waals surface area (Å²) in [7, 11) is 0. The lowest BCUT2D eigenvalue weighted by Gasteiger charge is -2.20. The monoisotopic (exact) mass is 407 g/mol. The molecule has 0 unspecified atom stereocenters. The van der Waals surface area contributed by atoms with E-state index in [1.807, 2.05) is 0 Å². The van der Waals surface area contributed by atoms with E-state index >= 15 is 0 Å². The molecule has 1 aliphatic rings. The summed E-state index contributed by atoms with van der Waals surface area (Å²) in [6.45, 7) is 2.22. The smallest absolute Gasteiger partial charge is 0.359 e. The zero-order chi connectivity index (χ0) is 17.8. The fourth-order valence-electron chi connectivity index (χ4n) is 2.05. The van der Waals surface area contributed by atoms with Crippen molar-refractivity contribution in [3.8, 4) is 11.5 Å². The van der Waals surface area contributed by atoms with Gasteiger partial charge in [0.05, 0.1) is 17.6 Å². The number of aromatic nitrogens is 2. The number of halogens is 1. The van der Waals surface area contributed by atoms with Gasteiger partial charge in [0, 0.05) is 22.8 Å². The Morgan fingerprint density at radius 3 is 2.60 bits per heavy atom. The highest BCUT2D eigenvalue weighted by molar-refractivity contribution is 9.10. The van der Waals surface area contributed by atoms with Gasteiger partial charge in [0.25, 0.3) is 5.91 Å². The molecule has 9 heteroatoms. The van der Waals surface area contributed by atoms with Gasteiger partial charge in [-0.1, -0.05) is 0 Å². The number of benzene rings is 1. The Morgan fingerprint density at radius 1 is 1.20 bits per heavy atom. The van der Waals surface area contributed by atoms with Crippen molar-refractivity contribution in [1.82, 2.24) is 9.97 Å². The Balaban J connectivity index is 1.59. The molecule has 0 radical (unpaired) electrons. The number of ether oxygens (including phenoxy) is 3. The van der Waals surface area contributed by atoms with Crippen molar-refractivity contribution in [3.63, 3.8) is 0 Å². The fraction of sp³-hybridized carbons (Fsp3) is 0.250. The summed E-state index contributed by atoms with van der Waals surface area (Å²) < 4.78 is 16.5. The Labute approximate surface area is 151 Å². The number of aryl methyl sites for hydroxylation is 1. The third kappa shape index (κ3) is 4.24. The van der Waals surface area contributed by atoms with Crippen molar-refractivity contribution >= 4 is 33.5 Å². The van der Waals surface area contributed by atoms with E-state index in [9.17, 15) is 9.59 Å². The molecule has 1 aliphatic heterocycles. The van der Waals surface area contributed by atoms with E-state index in [0.717, 1.165) is 0 Å². The van der Waals surface area contributed by atoms with E-state index < -0.39 is 18.5 Å². The molecule has 0 aliphatic carbocycles. The maximum atomic E-state index is 12.0. The number of anilines is 1. The molecule has 1 N–H and O–H groups in total. The second kappa shape index (κ2) is 7.47. The summed E-state index contributed by atoms with van der Waals surface area (Å²) in [6, 6.07) is 3.35. The number of esters is 1. The van der Waals surface area contributed by atoms with Crippen LogP contribution in [0.4, 0.5) is 5.69 Å². The zero-order valence-electron chi connectivity index (χ0n) is 13.2. The standard InChI is InChI=1S/C16H14BrN3O5/c1-9-6-19-12(7-18-9)16(22)25-8-15(21)20-11-5-14-13(4-10(11)17)23-2-3-24-14/h4-7H,2-3,8H2,1H3,(H,20,21). The molecule has 0 fully saturated rings. The summed E-state index contributed by atoms with van der Waals surface area (Å²) in [4.78, 5) is 31.7. The minimum Gasteiger partial charge on any atom is -0.486 e. The first-order valence-corrected chi connectivity index (χ1v) is 8.17. The van der Waals surface area contributed by atoms with Crippen molar-refractivity contribution in [3.05, 3.63) is 40.4 Å². The number of carbonyl (C=O) groups excluding carboxylic acids is 2. The van der Waals surface area contributed by atoms with Crippen LogP contribution < -0.4 is 14.8 Å². The summed E-state index contributed by atoms with van der Waals surface area (Å²) in [6.07, 6.45) is 2.75. The Kier molecular flexibility index (Phi) is 5.13. The van der Waals surface area contributed by atoms with Crippen LogP contribution in [0, 0.1) is 6.92 Å². The average Bonchev–Trinajstić information content (AvgIpc) is 2.61. The highest BCUT2D eigenvalue weighted by Gasteiger charge is 2.17. The zero-order valence-corrected chi connectivity index (χ0v) is 14.8. The van der Waals surface area contributed by atoms with Crippen molar-refractivity contribution in [2.45, 2.75) is 6.92 Å². The molecule has 0 spiro atoms. The molecular weight excluding hydrogens is 394 g/mol. The molecule has 1 amide bonds. The van der Waals surface area contributed by atoms with Gasteiger partial charge in [-0.3, -0.25) is 9.78 Å². The maximum absolute atomic E-state index is 12.0. The lowest BCUT2D eigenvalue weighted by Crippen LogP contribution is -2.22. The molecule has 0 bridgehead atoms. The number of nitrogens with one attached hydrogen (secondary N) is 1. The molecule has 130 valence electrons. The highest BCUT2D eigenvalue weighted by Crippen LogP contribution is 2.38. The van der Waals surface area contributed by atoms with Crippen LogP contribution in [0.3, 0.4) is 0 Å². The van der Waals surface area contributed by atoms with Gasteiger partial charge in [-0.2, -0.15) is 0 Å². The molecular formula is C16H14BrN3O5. The van der Waals surface area contributed by atoms with Gasteiger partial charge in [0.2, 0.25) is 0 Å². The fourth-order valence-corrected chi connectivity index (χ4v) is 2.47. The predicted molar refractivity (Wildman–Crippen MR) is 90.8 cm³/mol. The quantitative estimate of drug-likeness (QED) is 0.774. The van der Waals surface area contributed by atoms with E-state index in [1.54, 1.807) is 19.1 Å². The van der Waals surface area contributed by atoms with Crippen LogP contribution in [-0.2, 0) is 9.53 Å². The normalized spacial score (nSPS) is 12.4. The van der Waals surface area contributed by atoms with Crippen LogP contribution in [-0.4, -0.2) is 41.7 Å². The van der Waals surface area contributed by atoms with Gasteiger partial charge in [-0.15, -0.1) is 0 Å². The largest absolute Gasteiger partial charge is 0.486 e. The van der Waals surface area contributed by atoms with Crippen LogP contribution >= 0.6 is 15.9 Å². The van der Waals surface area contributed by atoms with Crippen LogP contribution in [0.2, 0.25) is 0 Å². The van der Waals surface area contributed by atoms with E-state index in [4.69, 9.17) is 14.2 Å². The molecule has 2 heterocycles. The summed E-state index contributed by atoms with van der Waals surface area (Å²) >= 11 is 3.35. The van der Waals surface area contributed by atoms with E-state index in [-0.39, 0.29) is 5.69 Å². The predicted octanol–water partition coefficient (Wildman–Crippen LogP) is 2.11. The van der Waals surface area contributed by atoms with Crippen molar-refractivity contribution < 1.29 is 23.8 Å². The van der Waals surface area contributed by atoms with E-state index in [0.29, 0.717) is 40.6 Å². The Bertz CT molecular complexity index is 810. The Hall–Kier alpha value is -2.68. The number of nitrogens with zero attached hydrogens (tertiary/aromatic N) is 2. The van der Waals surface area contributed by atoms with E-state index in [1.165, 1.54) is 12.4 Å². The van der Waals surface area contributed by atoms with Crippen LogP contribution in [0.5, 0.6) is 11.5 Å². The molecule has 0 atom stereocenters. The van der Waals surface area contributed by atoms with Gasteiger partial charge in [-0.05, 0) is 22.9 Å². The minimum atomic E-state index is -0.719. The second-order valence-corrected chi connectivity index (χ2v) is 6.00. The van der Waals surface area contributed by atoms with E-state index in [2.05, 4.69) is 31.2 Å². The molecule has 0 saturated heterocycles.